The van der Waals surface area contributed by atoms with Crippen molar-refractivity contribution in [3.05, 3.63) is 52.8 Å². The molecule has 1 aromatic heterocycles. The molecule has 20 heavy (non-hydrogen) atoms. The number of fused-ring (bicyclic) bond motifs is 1. The van der Waals surface area contributed by atoms with Gasteiger partial charge in [0.25, 0.3) is 0 Å². The topological polar surface area (TPSA) is 37.8 Å². The normalized spacial score (nSPS) is 10.8. The highest BCUT2D eigenvalue weighted by molar-refractivity contribution is 9.10. The van der Waals surface area contributed by atoms with Crippen molar-refractivity contribution < 1.29 is 4.39 Å². The summed E-state index contributed by atoms with van der Waals surface area (Å²) < 4.78 is 14.3. The van der Waals surface area contributed by atoms with E-state index in [1.165, 1.54) is 12.1 Å². The van der Waals surface area contributed by atoms with Crippen LogP contribution in [0, 0.1) is 5.82 Å². The Kier molecular flexibility index (Phi) is 3.36. The zero-order valence-corrected chi connectivity index (χ0v) is 12.3. The largest absolute Gasteiger partial charge is 0.373 e. The zero-order chi connectivity index (χ0) is 14.1. The Morgan fingerprint density at radius 3 is 2.70 bits per heavy atom. The molecule has 3 nitrogen and oxygen atoms in total. The Morgan fingerprint density at radius 2 is 1.95 bits per heavy atom. The molecule has 0 fully saturated rings. The van der Waals surface area contributed by atoms with Gasteiger partial charge in [0.05, 0.1) is 5.52 Å². The first-order valence-electron chi connectivity index (χ1n) is 6.08. The molecular formula is C15H11BrFN3. The number of halogens is 2. The van der Waals surface area contributed by atoms with Gasteiger partial charge in [0.1, 0.15) is 11.6 Å². The molecule has 3 aromatic rings. The van der Waals surface area contributed by atoms with E-state index in [1.54, 1.807) is 19.2 Å². The van der Waals surface area contributed by atoms with Gasteiger partial charge < -0.3 is 5.32 Å². The first kappa shape index (κ1) is 13.0. The van der Waals surface area contributed by atoms with Crippen LogP contribution in [0.1, 0.15) is 0 Å². The molecular weight excluding hydrogens is 321 g/mol. The van der Waals surface area contributed by atoms with E-state index in [0.29, 0.717) is 11.4 Å². The Bertz CT molecular complexity index is 789. The van der Waals surface area contributed by atoms with Gasteiger partial charge in [-0.05, 0) is 30.3 Å². The lowest BCUT2D eigenvalue weighted by molar-refractivity contribution is 0.628. The Hall–Kier alpha value is -2.01. The summed E-state index contributed by atoms with van der Waals surface area (Å²) >= 11 is 3.44. The summed E-state index contributed by atoms with van der Waals surface area (Å²) in [5.41, 5.74) is 1.47. The molecule has 2 aromatic carbocycles. The monoisotopic (exact) mass is 331 g/mol. The van der Waals surface area contributed by atoms with E-state index < -0.39 is 0 Å². The number of rotatable bonds is 2. The van der Waals surface area contributed by atoms with Crippen molar-refractivity contribution in [1.29, 1.82) is 0 Å². The second-order valence-corrected chi connectivity index (χ2v) is 5.23. The summed E-state index contributed by atoms with van der Waals surface area (Å²) in [6.45, 7) is 0. The van der Waals surface area contributed by atoms with Crippen molar-refractivity contribution in [2.75, 3.05) is 12.4 Å². The van der Waals surface area contributed by atoms with Crippen molar-refractivity contribution in [2.45, 2.75) is 0 Å². The van der Waals surface area contributed by atoms with E-state index in [1.807, 2.05) is 18.2 Å². The van der Waals surface area contributed by atoms with Gasteiger partial charge in [-0.25, -0.2) is 14.4 Å². The van der Waals surface area contributed by atoms with Crippen LogP contribution in [0.25, 0.3) is 22.3 Å². The van der Waals surface area contributed by atoms with Crippen molar-refractivity contribution in [3.8, 4) is 11.4 Å². The van der Waals surface area contributed by atoms with Gasteiger partial charge in [-0.2, -0.15) is 0 Å². The molecule has 0 amide bonds. The lowest BCUT2D eigenvalue weighted by atomic mass is 10.2. The number of benzene rings is 2. The highest BCUT2D eigenvalue weighted by Gasteiger charge is 2.09. The Morgan fingerprint density at radius 1 is 1.10 bits per heavy atom. The molecule has 5 heteroatoms. The average molecular weight is 332 g/mol. The first-order valence-corrected chi connectivity index (χ1v) is 6.87. The van der Waals surface area contributed by atoms with Crippen LogP contribution in [-0.4, -0.2) is 17.0 Å². The molecule has 0 saturated carbocycles. The molecule has 0 aliphatic heterocycles. The maximum Gasteiger partial charge on any atom is 0.162 e. The van der Waals surface area contributed by atoms with Crippen LogP contribution >= 0.6 is 15.9 Å². The van der Waals surface area contributed by atoms with Gasteiger partial charge in [-0.15, -0.1) is 0 Å². The highest BCUT2D eigenvalue weighted by atomic mass is 79.9. The minimum Gasteiger partial charge on any atom is -0.373 e. The predicted octanol–water partition coefficient (Wildman–Crippen LogP) is 4.24. The second-order valence-electron chi connectivity index (χ2n) is 4.32. The first-order chi connectivity index (χ1) is 9.67. The number of hydrogen-bond acceptors (Lipinski definition) is 3. The second kappa shape index (κ2) is 5.17. The van der Waals surface area contributed by atoms with Crippen LogP contribution in [0.2, 0.25) is 0 Å². The molecule has 0 unspecified atom stereocenters. The van der Waals surface area contributed by atoms with Crippen molar-refractivity contribution >= 4 is 32.7 Å². The fraction of sp³-hybridized carbons (Fsp3) is 0.0667. The van der Waals surface area contributed by atoms with Crippen LogP contribution in [0.5, 0.6) is 0 Å². The van der Waals surface area contributed by atoms with Crippen LogP contribution in [0.3, 0.4) is 0 Å². The number of aromatic nitrogens is 2. The average Bonchev–Trinajstić information content (AvgIpc) is 2.46. The number of nitrogens with one attached hydrogen (secondary N) is 1. The van der Waals surface area contributed by atoms with E-state index in [0.717, 1.165) is 21.2 Å². The molecule has 0 aliphatic carbocycles. The molecule has 0 spiro atoms. The SMILES string of the molecule is CNc1nc(-c2cccc(F)c2)nc2ccc(Br)cc12. The summed E-state index contributed by atoms with van der Waals surface area (Å²) in [4.78, 5) is 8.96. The van der Waals surface area contributed by atoms with E-state index >= 15 is 0 Å². The molecule has 0 aliphatic rings. The molecule has 1 heterocycles. The third-order valence-corrected chi connectivity index (χ3v) is 3.47. The molecule has 100 valence electrons. The summed E-state index contributed by atoms with van der Waals surface area (Å²) in [5.74, 6) is 0.923. The Labute approximate surface area is 124 Å². The van der Waals surface area contributed by atoms with Gasteiger partial charge in [0, 0.05) is 22.5 Å². The Balaban J connectivity index is 2.25. The lowest BCUT2D eigenvalue weighted by Gasteiger charge is -2.08. The fourth-order valence-corrected chi connectivity index (χ4v) is 2.41. The quantitative estimate of drug-likeness (QED) is 0.763. The minimum atomic E-state index is -0.298. The van der Waals surface area contributed by atoms with Crippen LogP contribution < -0.4 is 5.32 Å². The zero-order valence-electron chi connectivity index (χ0n) is 10.7. The van der Waals surface area contributed by atoms with Gasteiger partial charge in [-0.3, -0.25) is 0 Å². The maximum absolute atomic E-state index is 13.3. The smallest absolute Gasteiger partial charge is 0.162 e. The molecule has 0 radical (unpaired) electrons. The fourth-order valence-electron chi connectivity index (χ4n) is 2.05. The van der Waals surface area contributed by atoms with Crippen LogP contribution in [0.15, 0.2) is 46.9 Å². The number of anilines is 1. The van der Waals surface area contributed by atoms with E-state index in [2.05, 4.69) is 31.2 Å². The minimum absolute atomic E-state index is 0.298. The van der Waals surface area contributed by atoms with Crippen molar-refractivity contribution in [3.63, 3.8) is 0 Å². The van der Waals surface area contributed by atoms with Gasteiger partial charge in [0.15, 0.2) is 5.82 Å². The number of hydrogen-bond donors (Lipinski definition) is 1. The molecule has 1 N–H and O–H groups in total. The van der Waals surface area contributed by atoms with E-state index in [4.69, 9.17) is 0 Å². The van der Waals surface area contributed by atoms with E-state index in [-0.39, 0.29) is 5.82 Å². The van der Waals surface area contributed by atoms with Crippen molar-refractivity contribution in [1.82, 2.24) is 9.97 Å². The molecule has 0 atom stereocenters. The highest BCUT2D eigenvalue weighted by Crippen LogP contribution is 2.27. The predicted molar refractivity (Wildman–Crippen MR) is 82.2 cm³/mol. The van der Waals surface area contributed by atoms with Crippen molar-refractivity contribution in [2.24, 2.45) is 0 Å². The third-order valence-electron chi connectivity index (χ3n) is 2.98. The summed E-state index contributed by atoms with van der Waals surface area (Å²) in [5, 5.41) is 3.97. The summed E-state index contributed by atoms with van der Waals surface area (Å²) in [6.07, 6.45) is 0. The van der Waals surface area contributed by atoms with Crippen LogP contribution in [0.4, 0.5) is 10.2 Å². The van der Waals surface area contributed by atoms with Gasteiger partial charge >= 0.3 is 0 Å². The van der Waals surface area contributed by atoms with E-state index in [9.17, 15) is 4.39 Å². The standard InChI is InChI=1S/C15H11BrFN3/c1-18-15-12-8-10(16)5-6-13(12)19-14(20-15)9-3-2-4-11(17)7-9/h2-8H,1H3,(H,18,19,20). The number of nitrogens with zero attached hydrogens (tertiary/aromatic N) is 2. The molecule has 0 saturated heterocycles. The summed E-state index contributed by atoms with van der Waals surface area (Å²) in [7, 11) is 1.80. The van der Waals surface area contributed by atoms with Gasteiger partial charge in [0.2, 0.25) is 0 Å². The molecule has 0 bridgehead atoms. The third kappa shape index (κ3) is 2.36. The van der Waals surface area contributed by atoms with Gasteiger partial charge in [-0.1, -0.05) is 28.1 Å². The summed E-state index contributed by atoms with van der Waals surface area (Å²) in [6, 6.07) is 12.1. The molecule has 3 rings (SSSR count). The van der Waals surface area contributed by atoms with Crippen LogP contribution in [-0.2, 0) is 0 Å². The lowest BCUT2D eigenvalue weighted by Crippen LogP contribution is -1.99. The maximum atomic E-state index is 13.3.